The Balaban J connectivity index is 2.01. The number of ether oxygens (including phenoxy) is 2. The molecule has 0 radical (unpaired) electrons. The molecule has 0 bridgehead atoms. The van der Waals surface area contributed by atoms with Crippen LogP contribution in [0.1, 0.15) is 28.9 Å². The van der Waals surface area contributed by atoms with E-state index in [1.54, 1.807) is 0 Å². The Morgan fingerprint density at radius 2 is 2.06 bits per heavy atom. The maximum atomic E-state index is 11.7. The number of esters is 1. The standard InChI is InChI=1S/C13H14ClNO3/c1-8-9-6-11(14)12(7-10(9)13(16)18-8)15-2-4-17-5-3-15/h6-8H,2-5H2,1H3. The highest BCUT2D eigenvalue weighted by atomic mass is 35.5. The van der Waals surface area contributed by atoms with Gasteiger partial charge >= 0.3 is 5.97 Å². The van der Waals surface area contributed by atoms with Gasteiger partial charge in [-0.05, 0) is 19.1 Å². The summed E-state index contributed by atoms with van der Waals surface area (Å²) in [5.74, 6) is -0.260. The molecule has 2 aliphatic rings. The molecule has 1 aromatic rings. The number of anilines is 1. The number of fused-ring (bicyclic) bond motifs is 1. The molecule has 0 aliphatic carbocycles. The molecule has 3 rings (SSSR count). The van der Waals surface area contributed by atoms with Crippen LogP contribution in [0.5, 0.6) is 0 Å². The van der Waals surface area contributed by atoms with E-state index in [-0.39, 0.29) is 12.1 Å². The Hall–Kier alpha value is -1.26. The molecular formula is C13H14ClNO3. The fourth-order valence-electron chi connectivity index (χ4n) is 2.42. The summed E-state index contributed by atoms with van der Waals surface area (Å²) >= 11 is 6.30. The van der Waals surface area contributed by atoms with Gasteiger partial charge in [-0.2, -0.15) is 0 Å². The number of hydrogen-bond acceptors (Lipinski definition) is 4. The van der Waals surface area contributed by atoms with Gasteiger partial charge in [0.25, 0.3) is 0 Å². The van der Waals surface area contributed by atoms with E-state index in [1.807, 2.05) is 19.1 Å². The van der Waals surface area contributed by atoms with Crippen molar-refractivity contribution in [2.24, 2.45) is 0 Å². The van der Waals surface area contributed by atoms with Crippen LogP contribution in [-0.2, 0) is 9.47 Å². The van der Waals surface area contributed by atoms with Crippen molar-refractivity contribution in [3.63, 3.8) is 0 Å². The van der Waals surface area contributed by atoms with Gasteiger partial charge in [0.2, 0.25) is 0 Å². The van der Waals surface area contributed by atoms with Crippen LogP contribution >= 0.6 is 11.6 Å². The lowest BCUT2D eigenvalue weighted by molar-refractivity contribution is 0.0422. The third-order valence-electron chi connectivity index (χ3n) is 3.41. The van der Waals surface area contributed by atoms with Gasteiger partial charge in [0.05, 0.1) is 29.5 Å². The highest BCUT2D eigenvalue weighted by Crippen LogP contribution is 2.37. The predicted octanol–water partition coefficient (Wildman–Crippen LogP) is 2.41. The van der Waals surface area contributed by atoms with Crippen LogP contribution in [-0.4, -0.2) is 32.3 Å². The van der Waals surface area contributed by atoms with Gasteiger partial charge in [-0.25, -0.2) is 4.79 Å². The van der Waals surface area contributed by atoms with E-state index in [1.165, 1.54) is 0 Å². The SMILES string of the molecule is CC1OC(=O)c2cc(N3CCOCC3)c(Cl)cc21. The first-order valence-electron chi connectivity index (χ1n) is 6.04. The largest absolute Gasteiger partial charge is 0.454 e. The minimum Gasteiger partial charge on any atom is -0.454 e. The minimum atomic E-state index is -0.260. The molecule has 1 saturated heterocycles. The number of carbonyl (C=O) groups is 1. The highest BCUT2D eigenvalue weighted by molar-refractivity contribution is 6.33. The molecular weight excluding hydrogens is 254 g/mol. The Kier molecular flexibility index (Phi) is 2.92. The second-order valence-corrected chi connectivity index (χ2v) is 4.95. The van der Waals surface area contributed by atoms with Gasteiger partial charge in [-0.3, -0.25) is 0 Å². The molecule has 5 heteroatoms. The summed E-state index contributed by atoms with van der Waals surface area (Å²) in [6.07, 6.45) is -0.205. The van der Waals surface area contributed by atoms with Gasteiger partial charge in [-0.1, -0.05) is 11.6 Å². The summed E-state index contributed by atoms with van der Waals surface area (Å²) in [4.78, 5) is 13.9. The molecule has 0 aromatic heterocycles. The number of carbonyl (C=O) groups excluding carboxylic acids is 1. The number of cyclic esters (lactones) is 1. The molecule has 2 aliphatic heterocycles. The first-order valence-corrected chi connectivity index (χ1v) is 6.42. The van der Waals surface area contributed by atoms with Crippen molar-refractivity contribution in [1.29, 1.82) is 0 Å². The van der Waals surface area contributed by atoms with Crippen LogP contribution < -0.4 is 4.90 Å². The molecule has 1 unspecified atom stereocenters. The Labute approximate surface area is 110 Å². The van der Waals surface area contributed by atoms with Crippen LogP contribution in [0, 0.1) is 0 Å². The van der Waals surface area contributed by atoms with E-state index in [9.17, 15) is 4.79 Å². The normalized spacial score (nSPS) is 22.9. The molecule has 0 amide bonds. The first-order chi connectivity index (χ1) is 8.66. The second kappa shape index (κ2) is 4.44. The molecule has 2 heterocycles. The average molecular weight is 268 g/mol. The lowest BCUT2D eigenvalue weighted by Gasteiger charge is -2.29. The van der Waals surface area contributed by atoms with E-state index in [2.05, 4.69) is 4.90 Å². The zero-order chi connectivity index (χ0) is 12.7. The van der Waals surface area contributed by atoms with Gasteiger partial charge in [0.1, 0.15) is 6.10 Å². The van der Waals surface area contributed by atoms with Crippen molar-refractivity contribution in [1.82, 2.24) is 0 Å². The van der Waals surface area contributed by atoms with Gasteiger partial charge < -0.3 is 14.4 Å². The lowest BCUT2D eigenvalue weighted by atomic mass is 10.0. The molecule has 0 saturated carbocycles. The topological polar surface area (TPSA) is 38.8 Å². The van der Waals surface area contributed by atoms with Crippen molar-refractivity contribution in [3.05, 3.63) is 28.3 Å². The highest BCUT2D eigenvalue weighted by Gasteiger charge is 2.30. The first kappa shape index (κ1) is 11.8. The van der Waals surface area contributed by atoms with E-state index < -0.39 is 0 Å². The quantitative estimate of drug-likeness (QED) is 0.733. The van der Waals surface area contributed by atoms with Crippen LogP contribution in [0.3, 0.4) is 0 Å². The summed E-state index contributed by atoms with van der Waals surface area (Å²) in [6.45, 7) is 4.82. The monoisotopic (exact) mass is 267 g/mol. The average Bonchev–Trinajstić information content (AvgIpc) is 2.65. The lowest BCUT2D eigenvalue weighted by Crippen LogP contribution is -2.36. The number of morpholine rings is 1. The summed E-state index contributed by atoms with van der Waals surface area (Å²) in [5, 5.41) is 0.667. The molecule has 1 atom stereocenters. The third kappa shape index (κ3) is 1.85. The molecule has 4 nitrogen and oxygen atoms in total. The maximum Gasteiger partial charge on any atom is 0.339 e. The second-order valence-electron chi connectivity index (χ2n) is 4.54. The van der Waals surface area contributed by atoms with Crippen LogP contribution in [0.15, 0.2) is 12.1 Å². The smallest absolute Gasteiger partial charge is 0.339 e. The predicted molar refractivity (Wildman–Crippen MR) is 68.3 cm³/mol. The molecule has 1 aromatic carbocycles. The summed E-state index contributed by atoms with van der Waals surface area (Å²) in [5.41, 5.74) is 2.40. The zero-order valence-corrected chi connectivity index (χ0v) is 10.9. The fraction of sp³-hybridized carbons (Fsp3) is 0.462. The number of rotatable bonds is 1. The summed E-state index contributed by atoms with van der Waals surface area (Å²) in [6, 6.07) is 3.69. The maximum absolute atomic E-state index is 11.7. The number of nitrogens with zero attached hydrogens (tertiary/aromatic N) is 1. The van der Waals surface area contributed by atoms with Crippen molar-refractivity contribution >= 4 is 23.3 Å². The summed E-state index contributed by atoms with van der Waals surface area (Å²) < 4.78 is 10.5. The van der Waals surface area contributed by atoms with Gasteiger partial charge in [-0.15, -0.1) is 0 Å². The Bertz CT molecular complexity index is 497. The van der Waals surface area contributed by atoms with Gasteiger partial charge in [0, 0.05) is 18.7 Å². The number of hydrogen-bond donors (Lipinski definition) is 0. The Morgan fingerprint density at radius 1 is 1.33 bits per heavy atom. The zero-order valence-electron chi connectivity index (χ0n) is 10.1. The molecule has 96 valence electrons. The van der Waals surface area contributed by atoms with Crippen LogP contribution in [0.2, 0.25) is 5.02 Å². The number of halogens is 1. The van der Waals surface area contributed by atoms with E-state index in [0.29, 0.717) is 23.8 Å². The molecule has 0 N–H and O–H groups in total. The van der Waals surface area contributed by atoms with Crippen LogP contribution in [0.4, 0.5) is 5.69 Å². The van der Waals surface area contributed by atoms with Crippen molar-refractivity contribution in [2.75, 3.05) is 31.2 Å². The van der Waals surface area contributed by atoms with Crippen molar-refractivity contribution in [3.8, 4) is 0 Å². The number of benzene rings is 1. The minimum absolute atomic E-state index is 0.205. The van der Waals surface area contributed by atoms with E-state index >= 15 is 0 Å². The fourth-order valence-corrected chi connectivity index (χ4v) is 2.72. The van der Waals surface area contributed by atoms with Crippen molar-refractivity contribution in [2.45, 2.75) is 13.0 Å². The molecule has 18 heavy (non-hydrogen) atoms. The molecule has 1 fully saturated rings. The van der Waals surface area contributed by atoms with Crippen molar-refractivity contribution < 1.29 is 14.3 Å². The molecule has 0 spiro atoms. The van der Waals surface area contributed by atoms with E-state index in [4.69, 9.17) is 21.1 Å². The van der Waals surface area contributed by atoms with Gasteiger partial charge in [0.15, 0.2) is 0 Å². The van der Waals surface area contributed by atoms with E-state index in [0.717, 1.165) is 24.3 Å². The Morgan fingerprint density at radius 3 is 2.78 bits per heavy atom. The van der Waals surface area contributed by atoms with Crippen LogP contribution in [0.25, 0.3) is 0 Å². The third-order valence-corrected chi connectivity index (χ3v) is 3.72. The summed E-state index contributed by atoms with van der Waals surface area (Å²) in [7, 11) is 0.